The van der Waals surface area contributed by atoms with Crippen molar-refractivity contribution in [3.05, 3.63) is 46.5 Å². The van der Waals surface area contributed by atoms with E-state index in [0.717, 1.165) is 5.69 Å². The highest BCUT2D eigenvalue weighted by atomic mass is 35.5. The predicted octanol–water partition coefficient (Wildman–Crippen LogP) is 1.35. The lowest BCUT2D eigenvalue weighted by Gasteiger charge is -2.16. The third kappa shape index (κ3) is 2.66. The fourth-order valence-electron chi connectivity index (χ4n) is 1.75. The Morgan fingerprint density at radius 3 is 2.94 bits per heavy atom. The first-order valence-corrected chi connectivity index (χ1v) is 5.75. The van der Waals surface area contributed by atoms with Crippen LogP contribution in [0.5, 0.6) is 0 Å². The molecule has 0 aliphatic heterocycles. The van der Waals surface area contributed by atoms with Gasteiger partial charge >= 0.3 is 0 Å². The summed E-state index contributed by atoms with van der Waals surface area (Å²) in [5.41, 5.74) is 3.97. The number of halogens is 2. The number of nitrogens with two attached hydrogens (primary N) is 1. The molecule has 0 amide bonds. The Bertz CT molecular complexity index is 542. The van der Waals surface area contributed by atoms with Crippen LogP contribution in [0.4, 0.5) is 4.39 Å². The van der Waals surface area contributed by atoms with Crippen molar-refractivity contribution >= 4 is 11.6 Å². The molecule has 0 aliphatic carbocycles. The molecule has 1 atom stereocenters. The average Bonchev–Trinajstić information content (AvgIpc) is 2.76. The summed E-state index contributed by atoms with van der Waals surface area (Å²) >= 11 is 5.93. The van der Waals surface area contributed by atoms with Gasteiger partial charge in [-0.1, -0.05) is 28.9 Å². The van der Waals surface area contributed by atoms with Crippen LogP contribution in [0.25, 0.3) is 0 Å². The lowest BCUT2D eigenvalue weighted by atomic mass is 10.0. The number of aromatic nitrogens is 3. The Kier molecular flexibility index (Phi) is 3.90. The van der Waals surface area contributed by atoms with Crippen molar-refractivity contribution in [2.45, 2.75) is 12.5 Å². The largest absolute Gasteiger partial charge is 0.271 e. The molecule has 0 aliphatic rings. The van der Waals surface area contributed by atoms with Gasteiger partial charge in [-0.2, -0.15) is 0 Å². The van der Waals surface area contributed by atoms with Crippen LogP contribution in [-0.2, 0) is 13.5 Å². The van der Waals surface area contributed by atoms with Crippen molar-refractivity contribution in [2.24, 2.45) is 12.9 Å². The third-order valence-corrected chi connectivity index (χ3v) is 3.02. The van der Waals surface area contributed by atoms with Crippen LogP contribution in [-0.4, -0.2) is 15.0 Å². The van der Waals surface area contributed by atoms with Crippen LogP contribution in [0.1, 0.15) is 17.3 Å². The van der Waals surface area contributed by atoms with Gasteiger partial charge in [0.05, 0.1) is 16.8 Å². The van der Waals surface area contributed by atoms with Gasteiger partial charge in [0.15, 0.2) is 0 Å². The lowest BCUT2D eigenvalue weighted by molar-refractivity contribution is 0.539. The fraction of sp³-hybridized carbons (Fsp3) is 0.273. The summed E-state index contributed by atoms with van der Waals surface area (Å²) < 4.78 is 15.0. The van der Waals surface area contributed by atoms with Crippen LogP contribution < -0.4 is 11.3 Å². The summed E-state index contributed by atoms with van der Waals surface area (Å²) in [7, 11) is 1.77. The molecule has 1 aromatic carbocycles. The standard InChI is InChI=1S/C11H13ClFN5/c1-18-6-7(16-17-18)5-10(15-14)8-3-2-4-9(13)11(8)12/h2-4,6,10,15H,5,14H2,1H3. The molecular weight excluding hydrogens is 257 g/mol. The molecule has 0 bridgehead atoms. The molecule has 0 spiro atoms. The first-order valence-electron chi connectivity index (χ1n) is 5.37. The SMILES string of the molecule is Cn1cc(CC(NN)c2cccc(F)c2Cl)nn1. The molecule has 3 N–H and O–H groups in total. The monoisotopic (exact) mass is 269 g/mol. The van der Waals surface area contributed by atoms with E-state index >= 15 is 0 Å². The number of benzene rings is 1. The van der Waals surface area contributed by atoms with Crippen LogP contribution in [0, 0.1) is 5.82 Å². The predicted molar refractivity (Wildman–Crippen MR) is 66.2 cm³/mol. The van der Waals surface area contributed by atoms with Crippen molar-refractivity contribution in [3.63, 3.8) is 0 Å². The van der Waals surface area contributed by atoms with Gasteiger partial charge in [0.2, 0.25) is 0 Å². The van der Waals surface area contributed by atoms with Gasteiger partial charge < -0.3 is 0 Å². The maximum absolute atomic E-state index is 13.4. The molecule has 7 heteroatoms. The molecule has 0 saturated carbocycles. The molecule has 1 aromatic heterocycles. The van der Waals surface area contributed by atoms with Crippen LogP contribution in [0.15, 0.2) is 24.4 Å². The highest BCUT2D eigenvalue weighted by Crippen LogP contribution is 2.27. The van der Waals surface area contributed by atoms with E-state index in [1.165, 1.54) is 6.07 Å². The molecule has 0 radical (unpaired) electrons. The Balaban J connectivity index is 2.25. The first-order chi connectivity index (χ1) is 8.61. The Labute approximate surface area is 109 Å². The van der Waals surface area contributed by atoms with Gasteiger partial charge in [-0.3, -0.25) is 16.0 Å². The van der Waals surface area contributed by atoms with Gasteiger partial charge in [0.25, 0.3) is 0 Å². The van der Waals surface area contributed by atoms with E-state index in [9.17, 15) is 4.39 Å². The van der Waals surface area contributed by atoms with Gasteiger partial charge in [0, 0.05) is 19.7 Å². The van der Waals surface area contributed by atoms with Crippen molar-refractivity contribution in [3.8, 4) is 0 Å². The number of nitrogens with zero attached hydrogens (tertiary/aromatic N) is 3. The molecule has 1 unspecified atom stereocenters. The second-order valence-corrected chi connectivity index (χ2v) is 4.33. The first kappa shape index (κ1) is 12.9. The van der Waals surface area contributed by atoms with E-state index in [2.05, 4.69) is 15.7 Å². The topological polar surface area (TPSA) is 68.8 Å². The number of hydrazine groups is 1. The lowest BCUT2D eigenvalue weighted by Crippen LogP contribution is -2.30. The maximum atomic E-state index is 13.4. The number of nitrogens with one attached hydrogen (secondary N) is 1. The Morgan fingerprint density at radius 2 is 2.33 bits per heavy atom. The van der Waals surface area contributed by atoms with Crippen molar-refractivity contribution in [1.82, 2.24) is 20.4 Å². The molecule has 18 heavy (non-hydrogen) atoms. The summed E-state index contributed by atoms with van der Waals surface area (Å²) in [6.45, 7) is 0. The summed E-state index contributed by atoms with van der Waals surface area (Å²) in [6.07, 6.45) is 2.26. The molecule has 2 rings (SSSR count). The zero-order valence-corrected chi connectivity index (χ0v) is 10.5. The second-order valence-electron chi connectivity index (χ2n) is 3.95. The summed E-state index contributed by atoms with van der Waals surface area (Å²) in [5, 5.41) is 7.86. The normalized spacial score (nSPS) is 12.7. The van der Waals surface area contributed by atoms with Crippen molar-refractivity contribution in [2.75, 3.05) is 0 Å². The minimum absolute atomic E-state index is 0.0735. The number of hydrogen-bond acceptors (Lipinski definition) is 4. The smallest absolute Gasteiger partial charge is 0.142 e. The van der Waals surface area contributed by atoms with Gasteiger partial charge in [-0.25, -0.2) is 4.39 Å². The van der Waals surface area contributed by atoms with Crippen LogP contribution in [0.3, 0.4) is 0 Å². The minimum atomic E-state index is -0.464. The van der Waals surface area contributed by atoms with Crippen molar-refractivity contribution < 1.29 is 4.39 Å². The fourth-order valence-corrected chi connectivity index (χ4v) is 2.00. The summed E-state index contributed by atoms with van der Waals surface area (Å²) in [4.78, 5) is 0. The third-order valence-electron chi connectivity index (χ3n) is 2.62. The Hall–Kier alpha value is -1.50. The van der Waals surface area contributed by atoms with E-state index in [4.69, 9.17) is 17.4 Å². The van der Waals surface area contributed by atoms with Crippen molar-refractivity contribution in [1.29, 1.82) is 0 Å². The highest BCUT2D eigenvalue weighted by Gasteiger charge is 2.17. The van der Waals surface area contributed by atoms with Gasteiger partial charge in [-0.15, -0.1) is 5.10 Å². The molecule has 5 nitrogen and oxygen atoms in total. The number of rotatable bonds is 4. The summed E-state index contributed by atoms with van der Waals surface area (Å²) in [5.74, 6) is 5.03. The van der Waals surface area contributed by atoms with Crippen LogP contribution >= 0.6 is 11.6 Å². The van der Waals surface area contributed by atoms with E-state index < -0.39 is 5.82 Å². The number of hydrogen-bond donors (Lipinski definition) is 2. The van der Waals surface area contributed by atoms with Gasteiger partial charge in [-0.05, 0) is 11.6 Å². The molecule has 96 valence electrons. The van der Waals surface area contributed by atoms with E-state index in [1.54, 1.807) is 30.1 Å². The average molecular weight is 270 g/mol. The molecule has 2 aromatic rings. The highest BCUT2D eigenvalue weighted by molar-refractivity contribution is 6.31. The zero-order valence-electron chi connectivity index (χ0n) is 9.77. The van der Waals surface area contributed by atoms with Gasteiger partial charge in [0.1, 0.15) is 5.82 Å². The molecular formula is C11H13ClFN5. The minimum Gasteiger partial charge on any atom is -0.271 e. The Morgan fingerprint density at radius 1 is 1.56 bits per heavy atom. The van der Waals surface area contributed by atoms with E-state index in [-0.39, 0.29) is 11.1 Å². The summed E-state index contributed by atoms with van der Waals surface area (Å²) in [6, 6.07) is 4.32. The van der Waals surface area contributed by atoms with Crippen LogP contribution in [0.2, 0.25) is 5.02 Å². The molecule has 0 saturated heterocycles. The zero-order chi connectivity index (χ0) is 13.1. The maximum Gasteiger partial charge on any atom is 0.142 e. The second kappa shape index (κ2) is 5.43. The quantitative estimate of drug-likeness (QED) is 0.649. The number of aryl methyl sites for hydroxylation is 1. The van der Waals surface area contributed by atoms with E-state index in [1.807, 2.05) is 0 Å². The molecule has 1 heterocycles. The van der Waals surface area contributed by atoms with E-state index in [0.29, 0.717) is 12.0 Å². The molecule has 0 fully saturated rings.